The van der Waals surface area contributed by atoms with Crippen LogP contribution in [0.15, 0.2) is 48.8 Å². The van der Waals surface area contributed by atoms with Gasteiger partial charge in [-0.1, -0.05) is 12.1 Å². The molecule has 0 aliphatic carbocycles. The van der Waals surface area contributed by atoms with Crippen LogP contribution in [-0.2, 0) is 14.3 Å². The monoisotopic (exact) mass is 435 g/mol. The van der Waals surface area contributed by atoms with E-state index in [1.807, 2.05) is 0 Å². The van der Waals surface area contributed by atoms with Crippen molar-refractivity contribution in [2.24, 2.45) is 0 Å². The average molecular weight is 435 g/mol. The Bertz CT molecular complexity index is 1050. The number of benzene rings is 1. The summed E-state index contributed by atoms with van der Waals surface area (Å²) in [5, 5.41) is 0. The maximum absolute atomic E-state index is 13.0. The van der Waals surface area contributed by atoms with Crippen LogP contribution < -0.4 is 0 Å². The minimum absolute atomic E-state index is 0.0693. The number of hydrogen-bond acceptors (Lipinski definition) is 7. The van der Waals surface area contributed by atoms with Gasteiger partial charge in [-0.25, -0.2) is 4.79 Å². The zero-order valence-corrected chi connectivity index (χ0v) is 17.2. The summed E-state index contributed by atoms with van der Waals surface area (Å²) in [5.74, 6) is -2.41. The Hall–Kier alpha value is -3.88. The molecule has 4 rings (SSSR count). The summed E-state index contributed by atoms with van der Waals surface area (Å²) in [6, 6.07) is 8.66. The van der Waals surface area contributed by atoms with Crippen molar-refractivity contribution < 1.29 is 28.7 Å². The minimum atomic E-state index is -0.997. The molecule has 0 N–H and O–H groups in total. The second-order valence-corrected chi connectivity index (χ2v) is 7.55. The summed E-state index contributed by atoms with van der Waals surface area (Å²) in [6.07, 6.45) is 4.01. The maximum atomic E-state index is 13.0. The van der Waals surface area contributed by atoms with E-state index in [0.717, 1.165) is 9.80 Å². The first kappa shape index (κ1) is 21.4. The number of esters is 1. The topological polar surface area (TPSA) is 114 Å². The minimum Gasteiger partial charge on any atom is -0.462 e. The summed E-state index contributed by atoms with van der Waals surface area (Å²) in [5.41, 5.74) is 0.881. The third kappa shape index (κ3) is 4.01. The van der Waals surface area contributed by atoms with Crippen LogP contribution in [-0.4, -0.2) is 63.6 Å². The largest absolute Gasteiger partial charge is 0.462 e. The summed E-state index contributed by atoms with van der Waals surface area (Å²) in [7, 11) is 0. The molecule has 1 unspecified atom stereocenters. The summed E-state index contributed by atoms with van der Waals surface area (Å²) < 4.78 is 5.17. The number of unbranched alkanes of at least 4 members (excludes halogenated alkanes) is 1. The number of rotatable bonds is 7. The Labute approximate surface area is 184 Å². The Morgan fingerprint density at radius 1 is 1.00 bits per heavy atom. The van der Waals surface area contributed by atoms with Gasteiger partial charge in [0.25, 0.3) is 17.7 Å². The van der Waals surface area contributed by atoms with Gasteiger partial charge in [0, 0.05) is 25.4 Å². The van der Waals surface area contributed by atoms with E-state index in [-0.39, 0.29) is 43.0 Å². The third-order valence-corrected chi connectivity index (χ3v) is 5.53. The molecule has 1 aromatic carbocycles. The smallest absolute Gasteiger partial charge is 0.339 e. The Balaban J connectivity index is 1.32. The predicted molar refractivity (Wildman–Crippen MR) is 110 cm³/mol. The number of fused-ring (bicyclic) bond motifs is 1. The van der Waals surface area contributed by atoms with Gasteiger partial charge >= 0.3 is 5.97 Å². The normalized spacial score (nSPS) is 18.2. The Kier molecular flexibility index (Phi) is 6.07. The zero-order valence-electron chi connectivity index (χ0n) is 17.2. The lowest BCUT2D eigenvalue weighted by Crippen LogP contribution is -2.56. The van der Waals surface area contributed by atoms with Gasteiger partial charge in [-0.15, -0.1) is 0 Å². The number of imide groups is 2. The summed E-state index contributed by atoms with van der Waals surface area (Å²) in [4.78, 5) is 68.6. The van der Waals surface area contributed by atoms with E-state index in [1.54, 1.807) is 42.6 Å². The van der Waals surface area contributed by atoms with Crippen LogP contribution in [0.25, 0.3) is 0 Å². The number of hydrogen-bond donors (Lipinski definition) is 0. The molecule has 9 heteroatoms. The lowest BCUT2D eigenvalue weighted by Gasteiger charge is -2.34. The van der Waals surface area contributed by atoms with Crippen molar-refractivity contribution in [3.8, 4) is 0 Å². The second-order valence-electron chi connectivity index (χ2n) is 7.55. The lowest BCUT2D eigenvalue weighted by molar-refractivity contribution is -0.151. The first-order valence-electron chi connectivity index (χ1n) is 10.4. The van der Waals surface area contributed by atoms with Crippen molar-refractivity contribution in [2.45, 2.75) is 31.7 Å². The highest BCUT2D eigenvalue weighted by molar-refractivity contribution is 6.23. The fourth-order valence-electron chi connectivity index (χ4n) is 3.89. The van der Waals surface area contributed by atoms with Crippen LogP contribution in [0.3, 0.4) is 0 Å². The standard InChI is InChI=1S/C23H21N3O6/c27-19-10-9-18(26-20(28)16-7-1-2-8-17(16)21(26)29)22(30)25(19)12-3-4-13-32-23(31)15-6-5-11-24-14-15/h1-2,5-8,11,14,18H,3-4,9-10,12-13H2. The molecular weight excluding hydrogens is 414 g/mol. The molecule has 2 aromatic rings. The number of nitrogens with zero attached hydrogens (tertiary/aromatic N) is 3. The molecule has 2 aliphatic heterocycles. The second kappa shape index (κ2) is 9.09. The van der Waals surface area contributed by atoms with Gasteiger partial charge in [0.15, 0.2) is 0 Å². The Morgan fingerprint density at radius 2 is 1.72 bits per heavy atom. The lowest BCUT2D eigenvalue weighted by atomic mass is 10.0. The van der Waals surface area contributed by atoms with Crippen LogP contribution in [0.1, 0.15) is 56.8 Å². The van der Waals surface area contributed by atoms with Crippen LogP contribution in [0, 0.1) is 0 Å². The van der Waals surface area contributed by atoms with E-state index in [2.05, 4.69) is 4.98 Å². The summed E-state index contributed by atoms with van der Waals surface area (Å²) >= 11 is 0. The number of likely N-dealkylation sites (tertiary alicyclic amines) is 1. The van der Waals surface area contributed by atoms with E-state index in [1.165, 1.54) is 6.20 Å². The number of carbonyl (C=O) groups excluding carboxylic acids is 5. The van der Waals surface area contributed by atoms with Gasteiger partial charge in [-0.2, -0.15) is 0 Å². The summed E-state index contributed by atoms with van der Waals surface area (Å²) in [6.45, 7) is 0.258. The molecule has 0 spiro atoms. The van der Waals surface area contributed by atoms with Crippen LogP contribution in [0.2, 0.25) is 0 Å². The van der Waals surface area contributed by atoms with Gasteiger partial charge in [0.2, 0.25) is 5.91 Å². The van der Waals surface area contributed by atoms with E-state index in [4.69, 9.17) is 4.74 Å². The zero-order chi connectivity index (χ0) is 22.7. The van der Waals surface area contributed by atoms with E-state index >= 15 is 0 Å². The van der Waals surface area contributed by atoms with Crippen LogP contribution in [0.5, 0.6) is 0 Å². The van der Waals surface area contributed by atoms with Crippen LogP contribution >= 0.6 is 0 Å². The molecular formula is C23H21N3O6. The molecule has 1 saturated heterocycles. The molecule has 0 bridgehead atoms. The number of ether oxygens (including phenoxy) is 1. The number of aromatic nitrogens is 1. The van der Waals surface area contributed by atoms with Crippen LogP contribution in [0.4, 0.5) is 0 Å². The molecule has 2 aliphatic rings. The van der Waals surface area contributed by atoms with Crippen molar-refractivity contribution >= 4 is 29.6 Å². The fraction of sp³-hybridized carbons (Fsp3) is 0.304. The average Bonchev–Trinajstić information content (AvgIpc) is 3.06. The van der Waals surface area contributed by atoms with Crippen molar-refractivity contribution in [3.63, 3.8) is 0 Å². The van der Waals surface area contributed by atoms with Gasteiger partial charge < -0.3 is 4.74 Å². The molecule has 1 fully saturated rings. The third-order valence-electron chi connectivity index (χ3n) is 5.53. The van der Waals surface area contributed by atoms with Crippen molar-refractivity contribution in [3.05, 3.63) is 65.5 Å². The van der Waals surface area contributed by atoms with E-state index < -0.39 is 29.7 Å². The quantitative estimate of drug-likeness (QED) is 0.370. The molecule has 1 aromatic heterocycles. The molecule has 0 saturated carbocycles. The SMILES string of the molecule is O=C(OCCCCN1C(=O)CCC(N2C(=O)c3ccccc3C2=O)C1=O)c1cccnc1. The van der Waals surface area contributed by atoms with Crippen molar-refractivity contribution in [1.29, 1.82) is 0 Å². The molecule has 0 radical (unpaired) electrons. The van der Waals surface area contributed by atoms with Gasteiger partial charge in [-0.3, -0.25) is 34.0 Å². The fourth-order valence-corrected chi connectivity index (χ4v) is 3.89. The number of amides is 4. The number of piperidine rings is 1. The first-order valence-corrected chi connectivity index (χ1v) is 10.4. The van der Waals surface area contributed by atoms with E-state index in [9.17, 15) is 24.0 Å². The number of carbonyl (C=O) groups is 5. The molecule has 4 amide bonds. The maximum Gasteiger partial charge on any atom is 0.339 e. The van der Waals surface area contributed by atoms with Gasteiger partial charge in [0.05, 0.1) is 23.3 Å². The predicted octanol–water partition coefficient (Wildman–Crippen LogP) is 1.83. The van der Waals surface area contributed by atoms with Crippen molar-refractivity contribution in [2.75, 3.05) is 13.2 Å². The molecule has 3 heterocycles. The van der Waals surface area contributed by atoms with Gasteiger partial charge in [0.1, 0.15) is 6.04 Å². The molecule has 32 heavy (non-hydrogen) atoms. The van der Waals surface area contributed by atoms with E-state index in [0.29, 0.717) is 18.4 Å². The molecule has 1 atom stereocenters. The highest BCUT2D eigenvalue weighted by atomic mass is 16.5. The molecule has 9 nitrogen and oxygen atoms in total. The van der Waals surface area contributed by atoms with Gasteiger partial charge in [-0.05, 0) is 43.5 Å². The number of pyridine rings is 1. The molecule has 164 valence electrons. The Morgan fingerprint density at radius 3 is 2.38 bits per heavy atom. The van der Waals surface area contributed by atoms with Crippen molar-refractivity contribution in [1.82, 2.24) is 14.8 Å². The first-order chi connectivity index (χ1) is 15.5. The highest BCUT2D eigenvalue weighted by Crippen LogP contribution is 2.29. The highest BCUT2D eigenvalue weighted by Gasteiger charge is 2.46.